The van der Waals surface area contributed by atoms with Gasteiger partial charge in [-0.1, -0.05) is 91.0 Å². The Kier molecular flexibility index (Phi) is 6.56. The van der Waals surface area contributed by atoms with Gasteiger partial charge >= 0.3 is 0 Å². The van der Waals surface area contributed by atoms with E-state index in [-0.39, 0.29) is 0 Å². The minimum absolute atomic E-state index is 0.294. The topological polar surface area (TPSA) is 115 Å². The Labute approximate surface area is 192 Å². The van der Waals surface area contributed by atoms with E-state index < -0.39 is 0 Å². The van der Waals surface area contributed by atoms with E-state index in [0.717, 1.165) is 16.7 Å². The van der Waals surface area contributed by atoms with E-state index in [9.17, 15) is 0 Å². The molecule has 4 aromatic carbocycles. The molecule has 0 aliphatic carbocycles. The molecular weight excluding hydrogens is 408 g/mol. The van der Waals surface area contributed by atoms with Gasteiger partial charge in [-0.25, -0.2) is 0 Å². The molecular formula is C27H24N6. The van der Waals surface area contributed by atoms with Crippen molar-refractivity contribution < 1.29 is 0 Å². The third-order valence-corrected chi connectivity index (χ3v) is 4.96. The van der Waals surface area contributed by atoms with E-state index in [1.807, 2.05) is 91.0 Å². The highest BCUT2D eigenvalue weighted by Gasteiger charge is 2.18. The van der Waals surface area contributed by atoms with Crippen LogP contribution in [0.2, 0.25) is 0 Å². The molecule has 0 aliphatic heterocycles. The average Bonchev–Trinajstić information content (AvgIpc) is 2.86. The number of nitrogen functional groups attached to an aromatic ring is 3. The van der Waals surface area contributed by atoms with Gasteiger partial charge in [-0.3, -0.25) is 15.0 Å². The van der Waals surface area contributed by atoms with E-state index >= 15 is 0 Å². The van der Waals surface area contributed by atoms with Crippen molar-refractivity contribution in [2.24, 2.45) is 15.0 Å². The Bertz CT molecular complexity index is 1120. The summed E-state index contributed by atoms with van der Waals surface area (Å²) in [6, 6.07) is 29.1. The number of rotatable bonds is 6. The number of anilines is 3. The zero-order chi connectivity index (χ0) is 23.0. The molecule has 0 aromatic heterocycles. The molecule has 0 aliphatic rings. The number of nitrogens with two attached hydrogens (primary N) is 3. The van der Waals surface area contributed by atoms with Crippen molar-refractivity contribution in [3.8, 4) is 0 Å². The van der Waals surface area contributed by atoms with Gasteiger partial charge in [0.05, 0.1) is 17.1 Å². The Morgan fingerprint density at radius 2 is 0.636 bits per heavy atom. The molecule has 0 bridgehead atoms. The van der Waals surface area contributed by atoms with Gasteiger partial charge in [0, 0.05) is 18.6 Å². The van der Waals surface area contributed by atoms with E-state index in [1.165, 1.54) is 0 Å². The van der Waals surface area contributed by atoms with Crippen LogP contribution in [0.4, 0.5) is 34.1 Å². The molecule has 0 radical (unpaired) electrons. The molecule has 0 spiro atoms. The summed E-state index contributed by atoms with van der Waals surface area (Å²) in [4.78, 5) is 13.7. The van der Waals surface area contributed by atoms with Crippen LogP contribution < -0.4 is 17.2 Å². The van der Waals surface area contributed by atoms with Crippen molar-refractivity contribution in [1.29, 1.82) is 0 Å². The zero-order valence-electron chi connectivity index (χ0n) is 18.0. The average molecular weight is 433 g/mol. The molecule has 0 heterocycles. The maximum atomic E-state index is 6.45. The molecule has 0 saturated heterocycles. The van der Waals surface area contributed by atoms with Gasteiger partial charge in [-0.15, -0.1) is 0 Å². The van der Waals surface area contributed by atoms with Crippen molar-refractivity contribution in [2.75, 3.05) is 17.2 Å². The lowest BCUT2D eigenvalue weighted by Gasteiger charge is -2.14. The quantitative estimate of drug-likeness (QED) is 0.269. The largest absolute Gasteiger partial charge is 0.395 e. The van der Waals surface area contributed by atoms with Crippen LogP contribution in [-0.2, 0) is 0 Å². The first-order valence-corrected chi connectivity index (χ1v) is 10.4. The monoisotopic (exact) mass is 432 g/mol. The molecule has 4 rings (SSSR count). The standard InChI is InChI=1S/C27H24N6/c28-22-25(31-16-19-10-4-1-5-11-19)23(29)27(33-18-21-14-8-3-9-15-21)24(30)26(22)32-17-20-12-6-2-7-13-20/h1-18H,28-30H2. The van der Waals surface area contributed by atoms with Crippen LogP contribution in [0.3, 0.4) is 0 Å². The fourth-order valence-electron chi connectivity index (χ4n) is 3.22. The molecule has 162 valence electrons. The number of hydrogen-bond acceptors (Lipinski definition) is 6. The van der Waals surface area contributed by atoms with E-state index in [2.05, 4.69) is 15.0 Å². The normalized spacial score (nSPS) is 11.6. The lowest BCUT2D eigenvalue weighted by molar-refractivity contribution is 1.44. The smallest absolute Gasteiger partial charge is 0.113 e. The maximum absolute atomic E-state index is 6.45. The minimum atomic E-state index is 0.294. The molecule has 6 N–H and O–H groups in total. The van der Waals surface area contributed by atoms with Gasteiger partial charge in [-0.05, 0) is 16.7 Å². The van der Waals surface area contributed by atoms with Gasteiger partial charge in [-0.2, -0.15) is 0 Å². The summed E-state index contributed by atoms with van der Waals surface area (Å²) in [6.07, 6.45) is 5.11. The van der Waals surface area contributed by atoms with Crippen LogP contribution in [0.15, 0.2) is 106 Å². The summed E-state index contributed by atoms with van der Waals surface area (Å²) in [5.74, 6) is 0. The number of nitrogens with zero attached hydrogens (tertiary/aromatic N) is 3. The highest BCUT2D eigenvalue weighted by molar-refractivity contribution is 6.06. The molecule has 0 amide bonds. The zero-order valence-corrected chi connectivity index (χ0v) is 18.0. The molecule has 33 heavy (non-hydrogen) atoms. The summed E-state index contributed by atoms with van der Waals surface area (Å²) in [7, 11) is 0. The molecule has 0 saturated carbocycles. The third-order valence-electron chi connectivity index (χ3n) is 4.96. The van der Waals surface area contributed by atoms with Crippen molar-refractivity contribution in [1.82, 2.24) is 0 Å². The van der Waals surface area contributed by atoms with E-state index in [4.69, 9.17) is 17.2 Å². The summed E-state index contributed by atoms with van der Waals surface area (Å²) < 4.78 is 0. The molecule has 0 unspecified atom stereocenters. The van der Waals surface area contributed by atoms with Crippen LogP contribution in [0, 0.1) is 0 Å². The van der Waals surface area contributed by atoms with E-state index in [0.29, 0.717) is 34.1 Å². The Balaban J connectivity index is 1.83. The lowest BCUT2D eigenvalue weighted by atomic mass is 10.1. The Hall–Kier alpha value is -4.71. The summed E-state index contributed by atoms with van der Waals surface area (Å²) >= 11 is 0. The summed E-state index contributed by atoms with van der Waals surface area (Å²) in [5, 5.41) is 0. The van der Waals surface area contributed by atoms with Crippen LogP contribution >= 0.6 is 0 Å². The van der Waals surface area contributed by atoms with Gasteiger partial charge in [0.2, 0.25) is 0 Å². The van der Waals surface area contributed by atoms with Crippen LogP contribution in [0.5, 0.6) is 0 Å². The molecule has 4 aromatic rings. The van der Waals surface area contributed by atoms with Gasteiger partial charge in [0.1, 0.15) is 17.1 Å². The van der Waals surface area contributed by atoms with Crippen LogP contribution in [0.1, 0.15) is 16.7 Å². The van der Waals surface area contributed by atoms with Crippen molar-refractivity contribution >= 4 is 52.8 Å². The second-order valence-electron chi connectivity index (χ2n) is 7.29. The molecule has 0 atom stereocenters. The summed E-state index contributed by atoms with van der Waals surface area (Å²) in [6.45, 7) is 0. The second kappa shape index (κ2) is 10.1. The highest BCUT2D eigenvalue weighted by Crippen LogP contribution is 2.49. The fraction of sp³-hybridized carbons (Fsp3) is 0. The fourth-order valence-corrected chi connectivity index (χ4v) is 3.22. The first kappa shape index (κ1) is 21.5. The van der Waals surface area contributed by atoms with E-state index in [1.54, 1.807) is 18.6 Å². The second-order valence-corrected chi connectivity index (χ2v) is 7.29. The number of hydrogen-bond donors (Lipinski definition) is 3. The van der Waals surface area contributed by atoms with Crippen molar-refractivity contribution in [3.63, 3.8) is 0 Å². The van der Waals surface area contributed by atoms with Gasteiger partial charge in [0.25, 0.3) is 0 Å². The third kappa shape index (κ3) is 5.14. The maximum Gasteiger partial charge on any atom is 0.113 e. The molecule has 0 fully saturated rings. The van der Waals surface area contributed by atoms with Crippen molar-refractivity contribution in [2.45, 2.75) is 0 Å². The van der Waals surface area contributed by atoms with Gasteiger partial charge in [0.15, 0.2) is 0 Å². The number of aliphatic imine (C=N–C) groups is 3. The van der Waals surface area contributed by atoms with Crippen molar-refractivity contribution in [3.05, 3.63) is 108 Å². The predicted octanol–water partition coefficient (Wildman–Crippen LogP) is 5.69. The summed E-state index contributed by atoms with van der Waals surface area (Å²) in [5.41, 5.74) is 24.1. The molecule has 6 heteroatoms. The Morgan fingerprint density at radius 1 is 0.394 bits per heavy atom. The minimum Gasteiger partial charge on any atom is -0.395 e. The highest BCUT2D eigenvalue weighted by atomic mass is 14.9. The van der Waals surface area contributed by atoms with Crippen LogP contribution in [0.25, 0.3) is 0 Å². The van der Waals surface area contributed by atoms with Crippen LogP contribution in [-0.4, -0.2) is 18.6 Å². The molecule has 6 nitrogen and oxygen atoms in total. The first-order valence-electron chi connectivity index (χ1n) is 10.4. The van der Waals surface area contributed by atoms with Gasteiger partial charge < -0.3 is 17.2 Å². The SMILES string of the molecule is Nc1c(N=Cc2ccccc2)c(N)c(N=Cc2ccccc2)c(N)c1N=Cc1ccccc1. The predicted molar refractivity (Wildman–Crippen MR) is 141 cm³/mol. The Morgan fingerprint density at radius 3 is 0.879 bits per heavy atom. The first-order chi connectivity index (χ1) is 16.1. The lowest BCUT2D eigenvalue weighted by Crippen LogP contribution is -2.00. The number of benzene rings is 4.